The van der Waals surface area contributed by atoms with Crippen LogP contribution in [0.25, 0.3) is 0 Å². The molecule has 1 unspecified atom stereocenters. The van der Waals surface area contributed by atoms with Gasteiger partial charge in [0.15, 0.2) is 0 Å². The molecule has 1 rings (SSSR count). The number of benzene rings is 1. The molecule has 4 N–H and O–H groups in total. The van der Waals surface area contributed by atoms with Crippen LogP contribution in [0.2, 0.25) is 0 Å². The van der Waals surface area contributed by atoms with Gasteiger partial charge in [-0.05, 0) is 12.1 Å². The van der Waals surface area contributed by atoms with Crippen LogP contribution >= 0.6 is 0 Å². The minimum Gasteiger partial charge on any atom is -0.382 e. The predicted octanol–water partition coefficient (Wildman–Crippen LogP) is -0.330. The van der Waals surface area contributed by atoms with Gasteiger partial charge in [0.05, 0.1) is 4.92 Å². The van der Waals surface area contributed by atoms with Crippen LogP contribution in [0.15, 0.2) is 18.2 Å². The molecule has 0 saturated carbocycles. The fourth-order valence-corrected chi connectivity index (χ4v) is 1.32. The number of aliphatic hydroxyl groups is 1. The van der Waals surface area contributed by atoms with Crippen molar-refractivity contribution in [3.05, 3.63) is 39.7 Å². The molecule has 0 radical (unpaired) electrons. The molecule has 0 aliphatic heterocycles. The highest BCUT2D eigenvalue weighted by Crippen LogP contribution is 2.19. The SMILES string of the molecule is NC(=O)C(O)CNCc1cc(F)ccc1[N+](=O)[O-]. The van der Waals surface area contributed by atoms with Gasteiger partial charge in [-0.2, -0.15) is 0 Å². The van der Waals surface area contributed by atoms with Crippen molar-refractivity contribution in [2.45, 2.75) is 12.6 Å². The van der Waals surface area contributed by atoms with Gasteiger partial charge in [-0.3, -0.25) is 14.9 Å². The van der Waals surface area contributed by atoms with Crippen LogP contribution in [-0.4, -0.2) is 28.6 Å². The smallest absolute Gasteiger partial charge is 0.274 e. The summed E-state index contributed by atoms with van der Waals surface area (Å²) < 4.78 is 13.0. The zero-order valence-corrected chi connectivity index (χ0v) is 9.30. The molecule has 0 spiro atoms. The summed E-state index contributed by atoms with van der Waals surface area (Å²) in [5.41, 5.74) is 4.70. The van der Waals surface area contributed by atoms with Crippen molar-refractivity contribution in [1.29, 1.82) is 0 Å². The topological polar surface area (TPSA) is 118 Å². The van der Waals surface area contributed by atoms with Gasteiger partial charge in [0.25, 0.3) is 5.69 Å². The second kappa shape index (κ2) is 6.03. The maximum Gasteiger partial charge on any atom is 0.274 e. The van der Waals surface area contributed by atoms with Gasteiger partial charge in [-0.1, -0.05) is 0 Å². The van der Waals surface area contributed by atoms with Crippen LogP contribution < -0.4 is 11.1 Å². The Balaban J connectivity index is 2.69. The number of carbonyl (C=O) groups excluding carboxylic acids is 1. The van der Waals surface area contributed by atoms with E-state index in [0.29, 0.717) is 0 Å². The highest BCUT2D eigenvalue weighted by atomic mass is 19.1. The first kappa shape index (κ1) is 14.0. The third kappa shape index (κ3) is 3.75. The Bertz CT molecular complexity index is 466. The summed E-state index contributed by atoms with van der Waals surface area (Å²) in [6.45, 7) is -0.221. The van der Waals surface area contributed by atoms with E-state index in [1.54, 1.807) is 0 Å². The van der Waals surface area contributed by atoms with Crippen molar-refractivity contribution >= 4 is 11.6 Å². The zero-order valence-electron chi connectivity index (χ0n) is 9.30. The molecular weight excluding hydrogens is 245 g/mol. The molecule has 1 amide bonds. The third-order valence-corrected chi connectivity index (χ3v) is 2.22. The second-order valence-electron chi connectivity index (χ2n) is 3.58. The van der Waals surface area contributed by atoms with Crippen molar-refractivity contribution in [2.75, 3.05) is 6.54 Å². The number of amides is 1. The quantitative estimate of drug-likeness (QED) is 0.476. The molecule has 0 fully saturated rings. The van der Waals surface area contributed by atoms with Gasteiger partial charge in [-0.15, -0.1) is 0 Å². The first-order chi connectivity index (χ1) is 8.41. The molecule has 8 heteroatoms. The monoisotopic (exact) mass is 257 g/mol. The van der Waals surface area contributed by atoms with E-state index in [2.05, 4.69) is 5.32 Å². The Hall–Kier alpha value is -2.06. The maximum absolute atomic E-state index is 13.0. The number of nitrogens with zero attached hydrogens (tertiary/aromatic N) is 1. The average Bonchev–Trinajstić information content (AvgIpc) is 2.28. The molecule has 0 aliphatic carbocycles. The van der Waals surface area contributed by atoms with E-state index in [0.717, 1.165) is 18.2 Å². The standard InChI is InChI=1S/C10H12FN3O4/c11-7-1-2-8(14(17)18)6(3-7)4-13-5-9(15)10(12)16/h1-3,9,13,15H,4-5H2,(H2,12,16). The summed E-state index contributed by atoms with van der Waals surface area (Å²) in [6, 6.07) is 3.05. The van der Waals surface area contributed by atoms with Gasteiger partial charge >= 0.3 is 0 Å². The minimum absolute atomic E-state index is 0.0571. The molecule has 0 aliphatic rings. The largest absolute Gasteiger partial charge is 0.382 e. The number of aliphatic hydroxyl groups excluding tert-OH is 1. The Morgan fingerprint density at radius 3 is 2.83 bits per heavy atom. The Labute approximate surface area is 102 Å². The highest BCUT2D eigenvalue weighted by Gasteiger charge is 2.15. The minimum atomic E-state index is -1.39. The summed E-state index contributed by atoms with van der Waals surface area (Å²) in [7, 11) is 0. The van der Waals surface area contributed by atoms with E-state index in [1.807, 2.05) is 0 Å². The first-order valence-corrected chi connectivity index (χ1v) is 5.02. The number of rotatable bonds is 6. The highest BCUT2D eigenvalue weighted by molar-refractivity contribution is 5.78. The number of halogens is 1. The Morgan fingerprint density at radius 1 is 1.61 bits per heavy atom. The van der Waals surface area contributed by atoms with E-state index in [-0.39, 0.29) is 24.3 Å². The van der Waals surface area contributed by atoms with Crippen LogP contribution in [0.1, 0.15) is 5.56 Å². The molecule has 1 atom stereocenters. The maximum atomic E-state index is 13.0. The summed E-state index contributed by atoms with van der Waals surface area (Å²) >= 11 is 0. The van der Waals surface area contributed by atoms with E-state index in [4.69, 9.17) is 10.8 Å². The summed E-state index contributed by atoms with van der Waals surface area (Å²) in [4.78, 5) is 20.6. The van der Waals surface area contributed by atoms with Gasteiger partial charge < -0.3 is 16.2 Å². The molecule has 7 nitrogen and oxygen atoms in total. The number of nitro groups is 1. The van der Waals surface area contributed by atoms with Gasteiger partial charge in [-0.25, -0.2) is 4.39 Å². The van der Waals surface area contributed by atoms with E-state index >= 15 is 0 Å². The summed E-state index contributed by atoms with van der Waals surface area (Å²) in [5.74, 6) is -1.51. The van der Waals surface area contributed by atoms with Crippen LogP contribution in [-0.2, 0) is 11.3 Å². The predicted molar refractivity (Wildman–Crippen MR) is 60.0 cm³/mol. The lowest BCUT2D eigenvalue weighted by Crippen LogP contribution is -2.37. The van der Waals surface area contributed by atoms with Crippen LogP contribution in [0.3, 0.4) is 0 Å². The number of hydrogen-bond acceptors (Lipinski definition) is 5. The van der Waals surface area contributed by atoms with Gasteiger partial charge in [0.2, 0.25) is 5.91 Å². The number of hydrogen-bond donors (Lipinski definition) is 3. The summed E-state index contributed by atoms with van der Waals surface area (Å²) in [6.07, 6.45) is -1.39. The molecule has 0 heterocycles. The van der Waals surface area contributed by atoms with Crippen molar-refractivity contribution in [3.8, 4) is 0 Å². The number of nitrogens with one attached hydrogen (secondary N) is 1. The molecule has 0 aromatic heterocycles. The third-order valence-electron chi connectivity index (χ3n) is 2.22. The molecular formula is C10H12FN3O4. The molecule has 0 saturated heterocycles. The second-order valence-corrected chi connectivity index (χ2v) is 3.58. The van der Waals surface area contributed by atoms with Crippen molar-refractivity contribution in [3.63, 3.8) is 0 Å². The summed E-state index contributed by atoms with van der Waals surface area (Å²) in [5, 5.41) is 22.3. The van der Waals surface area contributed by atoms with Crippen molar-refractivity contribution in [2.24, 2.45) is 5.73 Å². The molecule has 1 aromatic rings. The van der Waals surface area contributed by atoms with E-state index < -0.39 is 22.8 Å². The Kier molecular flexibility index (Phi) is 4.69. The zero-order chi connectivity index (χ0) is 13.7. The lowest BCUT2D eigenvalue weighted by molar-refractivity contribution is -0.385. The van der Waals surface area contributed by atoms with E-state index in [9.17, 15) is 19.3 Å². The average molecular weight is 257 g/mol. The number of nitrogens with two attached hydrogens (primary N) is 1. The normalized spacial score (nSPS) is 12.1. The van der Waals surface area contributed by atoms with Crippen molar-refractivity contribution < 1.29 is 19.2 Å². The molecule has 1 aromatic carbocycles. The van der Waals surface area contributed by atoms with Gasteiger partial charge in [0, 0.05) is 24.7 Å². The fraction of sp³-hybridized carbons (Fsp3) is 0.300. The van der Waals surface area contributed by atoms with E-state index in [1.165, 1.54) is 0 Å². The number of nitro benzene ring substituents is 1. The lowest BCUT2D eigenvalue weighted by atomic mass is 10.1. The van der Waals surface area contributed by atoms with Crippen LogP contribution in [0.4, 0.5) is 10.1 Å². The molecule has 0 bridgehead atoms. The van der Waals surface area contributed by atoms with Crippen molar-refractivity contribution in [1.82, 2.24) is 5.32 Å². The Morgan fingerprint density at radius 2 is 2.28 bits per heavy atom. The fourth-order valence-electron chi connectivity index (χ4n) is 1.32. The molecule has 18 heavy (non-hydrogen) atoms. The molecule has 98 valence electrons. The lowest BCUT2D eigenvalue weighted by Gasteiger charge is -2.08. The number of primary amides is 1. The van der Waals surface area contributed by atoms with Gasteiger partial charge in [0.1, 0.15) is 11.9 Å². The number of carbonyl (C=O) groups is 1. The van der Waals surface area contributed by atoms with Crippen LogP contribution in [0, 0.1) is 15.9 Å². The van der Waals surface area contributed by atoms with Crippen LogP contribution in [0.5, 0.6) is 0 Å². The first-order valence-electron chi connectivity index (χ1n) is 5.02.